The van der Waals surface area contributed by atoms with Gasteiger partial charge in [-0.2, -0.15) is 4.98 Å². The highest BCUT2D eigenvalue weighted by molar-refractivity contribution is 5.88. The topological polar surface area (TPSA) is 103 Å². The summed E-state index contributed by atoms with van der Waals surface area (Å²) in [5, 5.41) is 2.96. The number of hydrogen-bond donors (Lipinski definition) is 1. The standard InChI is InChI=1S/C26H37N3O6/c1-4-7-16-33-24(30)23-21(6-3)35-25(28-23)29-14-13-20(22(17-29)32-15-5-2)27-26(31)34-18-19-11-9-8-10-12-19/h8-12,20,22H,4-7,13-18H2,1-3H3,(H,27,31). The van der Waals surface area contributed by atoms with Crippen LogP contribution in [0, 0.1) is 0 Å². The van der Waals surface area contributed by atoms with Crippen LogP contribution in [0.3, 0.4) is 0 Å². The number of alkyl carbamates (subject to hydrolysis) is 1. The van der Waals surface area contributed by atoms with Crippen molar-refractivity contribution in [2.24, 2.45) is 0 Å². The molecule has 1 saturated heterocycles. The number of oxazole rings is 1. The molecule has 1 aromatic heterocycles. The first-order valence-corrected chi connectivity index (χ1v) is 12.6. The zero-order chi connectivity index (χ0) is 25.0. The Hall–Kier alpha value is -3.07. The second-order valence-corrected chi connectivity index (χ2v) is 8.57. The maximum Gasteiger partial charge on any atom is 0.407 e. The van der Waals surface area contributed by atoms with E-state index in [-0.39, 0.29) is 24.4 Å². The minimum atomic E-state index is -0.473. The maximum atomic E-state index is 12.5. The number of anilines is 1. The summed E-state index contributed by atoms with van der Waals surface area (Å²) in [5.41, 5.74) is 1.16. The summed E-state index contributed by atoms with van der Waals surface area (Å²) in [7, 11) is 0. The molecule has 0 bridgehead atoms. The third kappa shape index (κ3) is 7.71. The Labute approximate surface area is 207 Å². The van der Waals surface area contributed by atoms with E-state index in [0.717, 1.165) is 24.8 Å². The molecule has 2 aromatic rings. The van der Waals surface area contributed by atoms with Crippen molar-refractivity contribution >= 4 is 18.1 Å². The lowest BCUT2D eigenvalue weighted by Gasteiger charge is -2.37. The number of aryl methyl sites for hydroxylation is 1. The van der Waals surface area contributed by atoms with E-state index in [2.05, 4.69) is 10.3 Å². The number of nitrogens with zero attached hydrogens (tertiary/aromatic N) is 2. The number of amides is 1. The molecule has 2 heterocycles. The molecule has 35 heavy (non-hydrogen) atoms. The maximum absolute atomic E-state index is 12.5. The van der Waals surface area contributed by atoms with Crippen molar-refractivity contribution in [3.05, 3.63) is 47.3 Å². The molecule has 9 heteroatoms. The fraction of sp³-hybridized carbons (Fsp3) is 0.577. The van der Waals surface area contributed by atoms with Crippen LogP contribution in [-0.4, -0.2) is 55.5 Å². The molecule has 1 aliphatic heterocycles. The van der Waals surface area contributed by atoms with Crippen LogP contribution in [0.2, 0.25) is 0 Å². The summed E-state index contributed by atoms with van der Waals surface area (Å²) in [5.74, 6) is 0.0547. The number of nitrogens with one attached hydrogen (secondary N) is 1. The van der Waals surface area contributed by atoms with E-state index >= 15 is 0 Å². The van der Waals surface area contributed by atoms with E-state index < -0.39 is 12.1 Å². The van der Waals surface area contributed by atoms with Gasteiger partial charge in [-0.15, -0.1) is 0 Å². The third-order valence-electron chi connectivity index (χ3n) is 5.81. The molecule has 3 rings (SSSR count). The van der Waals surface area contributed by atoms with Gasteiger partial charge in [0.2, 0.25) is 0 Å². The number of esters is 1. The van der Waals surface area contributed by atoms with E-state index in [1.54, 1.807) is 0 Å². The van der Waals surface area contributed by atoms with E-state index in [0.29, 0.717) is 50.9 Å². The second-order valence-electron chi connectivity index (χ2n) is 8.57. The van der Waals surface area contributed by atoms with Crippen LogP contribution < -0.4 is 10.2 Å². The number of carbonyl (C=O) groups excluding carboxylic acids is 2. The summed E-state index contributed by atoms with van der Waals surface area (Å²) in [6.07, 6.45) is 3.02. The van der Waals surface area contributed by atoms with Gasteiger partial charge in [0, 0.05) is 19.6 Å². The molecule has 0 radical (unpaired) electrons. The summed E-state index contributed by atoms with van der Waals surface area (Å²) < 4.78 is 22.7. The van der Waals surface area contributed by atoms with E-state index in [9.17, 15) is 9.59 Å². The Morgan fingerprint density at radius 1 is 1.11 bits per heavy atom. The molecule has 1 aliphatic rings. The molecule has 1 fully saturated rings. The first-order valence-electron chi connectivity index (χ1n) is 12.6. The minimum absolute atomic E-state index is 0.208. The first-order chi connectivity index (χ1) is 17.0. The van der Waals surface area contributed by atoms with Crippen LogP contribution in [0.5, 0.6) is 0 Å². The Balaban J connectivity index is 1.62. The summed E-state index contributed by atoms with van der Waals surface area (Å²) >= 11 is 0. The van der Waals surface area contributed by atoms with E-state index in [4.69, 9.17) is 18.6 Å². The molecule has 9 nitrogen and oxygen atoms in total. The second kappa shape index (κ2) is 13.7. The predicted molar refractivity (Wildman–Crippen MR) is 131 cm³/mol. The van der Waals surface area contributed by atoms with Gasteiger partial charge in [-0.1, -0.05) is 57.5 Å². The van der Waals surface area contributed by atoms with Gasteiger partial charge >= 0.3 is 12.1 Å². The van der Waals surface area contributed by atoms with Crippen LogP contribution in [0.1, 0.15) is 68.3 Å². The largest absolute Gasteiger partial charge is 0.461 e. The molecule has 0 saturated carbocycles. The lowest BCUT2D eigenvalue weighted by molar-refractivity contribution is 0.0184. The van der Waals surface area contributed by atoms with Crippen LogP contribution in [0.4, 0.5) is 10.8 Å². The van der Waals surface area contributed by atoms with E-state index in [1.807, 2.05) is 56.0 Å². The summed E-state index contributed by atoms with van der Waals surface area (Å²) in [6, 6.07) is 9.72. The van der Waals surface area contributed by atoms with Crippen LogP contribution in [0.25, 0.3) is 0 Å². The normalized spacial score (nSPS) is 17.7. The predicted octanol–water partition coefficient (Wildman–Crippen LogP) is 4.49. The number of rotatable bonds is 12. The number of carbonyl (C=O) groups is 2. The van der Waals surface area contributed by atoms with Crippen LogP contribution >= 0.6 is 0 Å². The van der Waals surface area contributed by atoms with Crippen molar-refractivity contribution in [3.8, 4) is 0 Å². The summed E-state index contributed by atoms with van der Waals surface area (Å²) in [4.78, 5) is 31.3. The number of hydrogen-bond acceptors (Lipinski definition) is 8. The number of benzene rings is 1. The van der Waals surface area contributed by atoms with Gasteiger partial charge < -0.3 is 28.8 Å². The van der Waals surface area contributed by atoms with E-state index in [1.165, 1.54) is 0 Å². The Bertz CT molecular complexity index is 932. The number of piperidine rings is 1. The van der Waals surface area contributed by atoms with Crippen molar-refractivity contribution in [2.45, 2.75) is 71.6 Å². The molecule has 192 valence electrons. The highest BCUT2D eigenvalue weighted by atomic mass is 16.6. The molecular weight excluding hydrogens is 450 g/mol. The zero-order valence-corrected chi connectivity index (χ0v) is 21.0. The van der Waals surface area contributed by atoms with Gasteiger partial charge in [-0.25, -0.2) is 9.59 Å². The lowest BCUT2D eigenvalue weighted by atomic mass is 10.0. The monoisotopic (exact) mass is 487 g/mol. The van der Waals surface area contributed by atoms with Gasteiger partial charge in [0.1, 0.15) is 12.4 Å². The Kier molecular flexibility index (Phi) is 10.4. The van der Waals surface area contributed by atoms with Crippen molar-refractivity contribution in [3.63, 3.8) is 0 Å². The molecule has 2 unspecified atom stereocenters. The van der Waals surface area contributed by atoms with Crippen molar-refractivity contribution in [1.29, 1.82) is 0 Å². The number of ether oxygens (including phenoxy) is 3. The van der Waals surface area contributed by atoms with Crippen molar-refractivity contribution < 1.29 is 28.2 Å². The highest BCUT2D eigenvalue weighted by Crippen LogP contribution is 2.25. The molecule has 0 aliphatic carbocycles. The smallest absolute Gasteiger partial charge is 0.407 e. The molecule has 1 N–H and O–H groups in total. The lowest BCUT2D eigenvalue weighted by Crippen LogP contribution is -2.55. The number of unbranched alkanes of at least 4 members (excludes halogenated alkanes) is 1. The third-order valence-corrected chi connectivity index (χ3v) is 5.81. The minimum Gasteiger partial charge on any atom is -0.461 e. The highest BCUT2D eigenvalue weighted by Gasteiger charge is 2.34. The fourth-order valence-electron chi connectivity index (χ4n) is 3.86. The van der Waals surface area contributed by atoms with Crippen molar-refractivity contribution in [1.82, 2.24) is 10.3 Å². The fourth-order valence-corrected chi connectivity index (χ4v) is 3.86. The molecular formula is C26H37N3O6. The SMILES string of the molecule is CCCCOC(=O)c1nc(N2CCC(NC(=O)OCc3ccccc3)C(OCCC)C2)oc1CC. The average molecular weight is 488 g/mol. The Morgan fingerprint density at radius 2 is 1.91 bits per heavy atom. The molecule has 1 amide bonds. The van der Waals surface area contributed by atoms with Crippen LogP contribution in [-0.2, 0) is 27.2 Å². The average Bonchev–Trinajstić information content (AvgIpc) is 3.32. The van der Waals surface area contributed by atoms with Crippen LogP contribution in [0.15, 0.2) is 34.7 Å². The molecule has 1 aromatic carbocycles. The summed E-state index contributed by atoms with van der Waals surface area (Å²) in [6.45, 7) is 8.19. The quantitative estimate of drug-likeness (QED) is 0.345. The molecule has 2 atom stereocenters. The first kappa shape index (κ1) is 26.5. The van der Waals surface area contributed by atoms with Gasteiger partial charge in [-0.3, -0.25) is 0 Å². The van der Waals surface area contributed by atoms with Gasteiger partial charge in [0.25, 0.3) is 6.01 Å². The molecule has 0 spiro atoms. The van der Waals surface area contributed by atoms with Crippen molar-refractivity contribution in [2.75, 3.05) is 31.2 Å². The van der Waals surface area contributed by atoms with Gasteiger partial charge in [0.15, 0.2) is 5.69 Å². The van der Waals surface area contributed by atoms with Gasteiger partial charge in [0.05, 0.1) is 25.3 Å². The number of aromatic nitrogens is 1. The zero-order valence-electron chi connectivity index (χ0n) is 21.0. The Morgan fingerprint density at radius 3 is 2.63 bits per heavy atom. The van der Waals surface area contributed by atoms with Gasteiger partial charge in [-0.05, 0) is 24.8 Å².